The first-order valence-corrected chi connectivity index (χ1v) is 11.1. The fourth-order valence-corrected chi connectivity index (χ4v) is 4.19. The van der Waals surface area contributed by atoms with E-state index in [1.807, 2.05) is 84.9 Å². The molecule has 1 aromatic heterocycles. The average Bonchev–Trinajstić information content (AvgIpc) is 2.84. The van der Waals surface area contributed by atoms with Crippen molar-refractivity contribution in [3.8, 4) is 11.1 Å². The highest BCUT2D eigenvalue weighted by molar-refractivity contribution is 9.10. The minimum atomic E-state index is -0.349. The molecule has 5 aromatic rings. The number of hydrogen-bond donors (Lipinski definition) is 0. The molecule has 0 unspecified atom stereocenters. The van der Waals surface area contributed by atoms with Gasteiger partial charge < -0.3 is 4.42 Å². The van der Waals surface area contributed by atoms with Crippen LogP contribution in [0.2, 0.25) is 0 Å². The lowest BCUT2D eigenvalue weighted by molar-refractivity contribution is 0.563. The van der Waals surface area contributed by atoms with Gasteiger partial charge in [0.15, 0.2) is 0 Å². The standard InChI is InChI=1S/C29H19BrO2/c30-23-17-15-22(16-18-23)28-26(24-13-7-8-14-27(24)32-29(28)31)19-25(20-9-3-1-4-10-20)21-11-5-2-6-12-21/h1-19H. The van der Waals surface area contributed by atoms with E-state index in [1.165, 1.54) is 0 Å². The van der Waals surface area contributed by atoms with Crippen molar-refractivity contribution in [1.29, 1.82) is 0 Å². The van der Waals surface area contributed by atoms with Gasteiger partial charge in [-0.1, -0.05) is 107 Å². The van der Waals surface area contributed by atoms with Crippen LogP contribution in [-0.2, 0) is 0 Å². The molecule has 0 radical (unpaired) electrons. The maximum absolute atomic E-state index is 13.2. The number of halogens is 1. The molecule has 0 fully saturated rings. The third kappa shape index (κ3) is 3.95. The highest BCUT2D eigenvalue weighted by Crippen LogP contribution is 2.34. The summed E-state index contributed by atoms with van der Waals surface area (Å²) < 4.78 is 6.67. The predicted molar refractivity (Wildman–Crippen MR) is 135 cm³/mol. The van der Waals surface area contributed by atoms with Gasteiger partial charge in [-0.25, -0.2) is 4.79 Å². The van der Waals surface area contributed by atoms with Crippen molar-refractivity contribution in [2.24, 2.45) is 0 Å². The van der Waals surface area contributed by atoms with Gasteiger partial charge in [0, 0.05) is 15.4 Å². The Bertz CT molecular complexity index is 1420. The van der Waals surface area contributed by atoms with E-state index in [0.29, 0.717) is 11.1 Å². The third-order valence-electron chi connectivity index (χ3n) is 5.44. The molecule has 0 amide bonds. The molecular formula is C29H19BrO2. The molecule has 4 aromatic carbocycles. The summed E-state index contributed by atoms with van der Waals surface area (Å²) in [4.78, 5) is 13.2. The molecule has 0 bridgehead atoms. The van der Waals surface area contributed by atoms with Crippen molar-refractivity contribution in [2.45, 2.75) is 0 Å². The first-order valence-electron chi connectivity index (χ1n) is 10.3. The molecule has 0 spiro atoms. The van der Waals surface area contributed by atoms with E-state index in [0.717, 1.165) is 37.7 Å². The fourth-order valence-electron chi connectivity index (χ4n) is 3.93. The Hall–Kier alpha value is -3.69. The molecule has 0 N–H and O–H groups in total. The Morgan fingerprint density at radius 1 is 0.688 bits per heavy atom. The van der Waals surface area contributed by atoms with Gasteiger partial charge in [-0.3, -0.25) is 0 Å². The van der Waals surface area contributed by atoms with Gasteiger partial charge in [-0.15, -0.1) is 0 Å². The van der Waals surface area contributed by atoms with E-state index in [4.69, 9.17) is 4.42 Å². The third-order valence-corrected chi connectivity index (χ3v) is 5.97. The summed E-state index contributed by atoms with van der Waals surface area (Å²) in [6, 6.07) is 35.9. The minimum absolute atomic E-state index is 0.349. The summed E-state index contributed by atoms with van der Waals surface area (Å²) in [6.07, 6.45) is 2.11. The van der Waals surface area contributed by atoms with Crippen LogP contribution in [0.3, 0.4) is 0 Å². The molecule has 0 aliphatic heterocycles. The number of para-hydroxylation sites is 1. The summed E-state index contributed by atoms with van der Waals surface area (Å²) >= 11 is 3.48. The lowest BCUT2D eigenvalue weighted by Crippen LogP contribution is -2.06. The van der Waals surface area contributed by atoms with Crippen LogP contribution in [0.25, 0.3) is 33.7 Å². The average molecular weight is 479 g/mol. The molecule has 0 saturated carbocycles. The van der Waals surface area contributed by atoms with Crippen molar-refractivity contribution >= 4 is 38.5 Å². The van der Waals surface area contributed by atoms with Crippen molar-refractivity contribution in [3.05, 3.63) is 141 Å². The Balaban J connectivity index is 1.87. The van der Waals surface area contributed by atoms with E-state index < -0.39 is 0 Å². The van der Waals surface area contributed by atoms with Gasteiger partial charge in [0.2, 0.25) is 0 Å². The van der Waals surface area contributed by atoms with Crippen LogP contribution in [-0.4, -0.2) is 0 Å². The van der Waals surface area contributed by atoms with Crippen LogP contribution < -0.4 is 5.63 Å². The predicted octanol–water partition coefficient (Wildman–Crippen LogP) is 7.81. The zero-order chi connectivity index (χ0) is 21.9. The van der Waals surface area contributed by atoms with Gasteiger partial charge in [-0.05, 0) is 46.5 Å². The van der Waals surface area contributed by atoms with Crippen molar-refractivity contribution in [3.63, 3.8) is 0 Å². The highest BCUT2D eigenvalue weighted by atomic mass is 79.9. The van der Waals surface area contributed by atoms with Crippen molar-refractivity contribution in [2.75, 3.05) is 0 Å². The first kappa shape index (κ1) is 20.2. The highest BCUT2D eigenvalue weighted by Gasteiger charge is 2.17. The molecule has 0 aliphatic rings. The minimum Gasteiger partial charge on any atom is -0.422 e. The maximum atomic E-state index is 13.2. The van der Waals surface area contributed by atoms with Crippen LogP contribution >= 0.6 is 15.9 Å². The van der Waals surface area contributed by atoms with E-state index in [-0.39, 0.29) is 5.63 Å². The fraction of sp³-hybridized carbons (Fsp3) is 0. The molecule has 5 rings (SSSR count). The number of benzene rings is 4. The topological polar surface area (TPSA) is 30.2 Å². The van der Waals surface area contributed by atoms with Gasteiger partial charge in [0.25, 0.3) is 0 Å². The normalized spacial score (nSPS) is 10.8. The zero-order valence-electron chi connectivity index (χ0n) is 17.2. The van der Waals surface area contributed by atoms with E-state index in [2.05, 4.69) is 46.3 Å². The Kier molecular flexibility index (Phi) is 5.57. The Morgan fingerprint density at radius 2 is 1.25 bits per heavy atom. The summed E-state index contributed by atoms with van der Waals surface area (Å²) in [5.41, 5.74) is 5.65. The summed E-state index contributed by atoms with van der Waals surface area (Å²) in [7, 11) is 0. The smallest absolute Gasteiger partial charge is 0.344 e. The van der Waals surface area contributed by atoms with Crippen molar-refractivity contribution in [1.82, 2.24) is 0 Å². The molecule has 32 heavy (non-hydrogen) atoms. The van der Waals surface area contributed by atoms with Gasteiger partial charge >= 0.3 is 5.63 Å². The lowest BCUT2D eigenvalue weighted by Gasteiger charge is -2.13. The second kappa shape index (κ2) is 8.81. The Labute approximate surface area is 194 Å². The van der Waals surface area contributed by atoms with E-state index in [1.54, 1.807) is 0 Å². The zero-order valence-corrected chi connectivity index (χ0v) is 18.8. The molecule has 1 heterocycles. The van der Waals surface area contributed by atoms with Gasteiger partial charge in [-0.2, -0.15) is 0 Å². The largest absolute Gasteiger partial charge is 0.422 e. The van der Waals surface area contributed by atoms with E-state index >= 15 is 0 Å². The second-order valence-electron chi connectivity index (χ2n) is 7.47. The van der Waals surface area contributed by atoms with E-state index in [9.17, 15) is 4.79 Å². The van der Waals surface area contributed by atoms with Crippen LogP contribution in [0.1, 0.15) is 16.7 Å². The van der Waals surface area contributed by atoms with Gasteiger partial charge in [0.1, 0.15) is 5.58 Å². The molecule has 154 valence electrons. The number of hydrogen-bond acceptors (Lipinski definition) is 2. The number of rotatable bonds is 4. The summed E-state index contributed by atoms with van der Waals surface area (Å²) in [5.74, 6) is 0. The molecule has 0 saturated heterocycles. The van der Waals surface area contributed by atoms with Crippen LogP contribution in [0, 0.1) is 0 Å². The monoisotopic (exact) mass is 478 g/mol. The number of fused-ring (bicyclic) bond motifs is 1. The molecule has 2 nitrogen and oxygen atoms in total. The van der Waals surface area contributed by atoms with Crippen LogP contribution in [0.15, 0.2) is 123 Å². The first-order chi connectivity index (χ1) is 15.7. The summed E-state index contributed by atoms with van der Waals surface area (Å²) in [5, 5.41) is 0.898. The lowest BCUT2D eigenvalue weighted by atomic mass is 9.91. The molecular weight excluding hydrogens is 460 g/mol. The maximum Gasteiger partial charge on any atom is 0.344 e. The SMILES string of the molecule is O=c1oc2ccccc2c(C=C(c2ccccc2)c2ccccc2)c1-c1ccc(Br)cc1. The summed E-state index contributed by atoms with van der Waals surface area (Å²) in [6.45, 7) is 0. The molecule has 0 aliphatic carbocycles. The van der Waals surface area contributed by atoms with Crippen LogP contribution in [0.5, 0.6) is 0 Å². The quantitative estimate of drug-likeness (QED) is 0.246. The molecule has 0 atom stereocenters. The van der Waals surface area contributed by atoms with Crippen LogP contribution in [0.4, 0.5) is 0 Å². The molecule has 3 heteroatoms. The second-order valence-corrected chi connectivity index (χ2v) is 8.39. The van der Waals surface area contributed by atoms with Crippen molar-refractivity contribution < 1.29 is 4.42 Å². The Morgan fingerprint density at radius 3 is 1.88 bits per heavy atom. The van der Waals surface area contributed by atoms with Gasteiger partial charge in [0.05, 0.1) is 5.56 Å².